The maximum atomic E-state index is 13.2. The molecule has 0 aliphatic heterocycles. The first-order chi connectivity index (χ1) is 6.27. The first kappa shape index (κ1) is 8.44. The van der Waals surface area contributed by atoms with Crippen LogP contribution in [0.3, 0.4) is 0 Å². The van der Waals surface area contributed by atoms with Crippen LogP contribution in [0, 0.1) is 5.82 Å². The second kappa shape index (κ2) is 3.30. The third-order valence-corrected chi connectivity index (χ3v) is 1.98. The molecule has 2 nitrogen and oxygen atoms in total. The fraction of sp³-hybridized carbons (Fsp3) is 0. The molecule has 66 valence electrons. The molecule has 1 aromatic carbocycles. The predicted octanol–water partition coefficient (Wildman–Crippen LogP) is 3.24. The molecule has 0 bridgehead atoms. The Bertz CT molecular complexity index is 427. The fourth-order valence-electron chi connectivity index (χ4n) is 1.04. The molecule has 2 rings (SSSR count). The summed E-state index contributed by atoms with van der Waals surface area (Å²) in [7, 11) is 0. The molecule has 0 fully saturated rings. The van der Waals surface area contributed by atoms with Crippen molar-refractivity contribution < 1.29 is 8.81 Å². The van der Waals surface area contributed by atoms with E-state index in [4.69, 9.17) is 4.42 Å². The van der Waals surface area contributed by atoms with Crippen LogP contribution in [0.5, 0.6) is 0 Å². The first-order valence-electron chi connectivity index (χ1n) is 3.63. The van der Waals surface area contributed by atoms with Crippen LogP contribution >= 0.6 is 15.9 Å². The van der Waals surface area contributed by atoms with Gasteiger partial charge in [-0.15, -0.1) is 0 Å². The first-order valence-corrected chi connectivity index (χ1v) is 4.43. The summed E-state index contributed by atoms with van der Waals surface area (Å²) in [6.45, 7) is 0. The van der Waals surface area contributed by atoms with Crippen molar-refractivity contribution in [3.63, 3.8) is 0 Å². The second-order valence-electron chi connectivity index (χ2n) is 2.46. The molecular formula is C9H5BrFNO. The molecule has 0 aliphatic carbocycles. The van der Waals surface area contributed by atoms with E-state index < -0.39 is 0 Å². The van der Waals surface area contributed by atoms with E-state index in [0.717, 1.165) is 0 Å². The van der Waals surface area contributed by atoms with Gasteiger partial charge in [-0.2, -0.15) is 0 Å². The number of nitrogens with zero attached hydrogens (tertiary/aromatic N) is 1. The van der Waals surface area contributed by atoms with Gasteiger partial charge in [-0.1, -0.05) is 12.1 Å². The zero-order valence-corrected chi connectivity index (χ0v) is 8.08. The third-order valence-electron chi connectivity index (χ3n) is 1.62. The molecular weight excluding hydrogens is 237 g/mol. The molecule has 0 saturated carbocycles. The molecule has 0 unspecified atom stereocenters. The Hall–Kier alpha value is -1.16. The van der Waals surface area contributed by atoms with E-state index in [0.29, 0.717) is 16.1 Å². The molecule has 1 aromatic heterocycles. The number of rotatable bonds is 1. The lowest BCUT2D eigenvalue weighted by Gasteiger charge is -1.95. The summed E-state index contributed by atoms with van der Waals surface area (Å²) < 4.78 is 18.3. The number of aromatic nitrogens is 1. The number of halogens is 2. The van der Waals surface area contributed by atoms with Gasteiger partial charge in [0.25, 0.3) is 4.80 Å². The Morgan fingerprint density at radius 3 is 2.69 bits per heavy atom. The highest BCUT2D eigenvalue weighted by Gasteiger charge is 2.08. The summed E-state index contributed by atoms with van der Waals surface area (Å²) in [5, 5.41) is 0. The summed E-state index contributed by atoms with van der Waals surface area (Å²) in [6.07, 6.45) is 1.47. The van der Waals surface area contributed by atoms with Crippen molar-refractivity contribution in [2.24, 2.45) is 0 Å². The van der Waals surface area contributed by atoms with Gasteiger partial charge in [-0.3, -0.25) is 0 Å². The zero-order chi connectivity index (χ0) is 9.26. The molecule has 1 heterocycles. The molecule has 4 heteroatoms. The molecule has 0 spiro atoms. The largest absolute Gasteiger partial charge is 0.431 e. The van der Waals surface area contributed by atoms with E-state index in [9.17, 15) is 4.39 Å². The van der Waals surface area contributed by atoms with Crippen molar-refractivity contribution in [3.05, 3.63) is 41.1 Å². The van der Waals surface area contributed by atoms with Crippen LogP contribution < -0.4 is 0 Å². The molecule has 0 radical (unpaired) electrons. The monoisotopic (exact) mass is 241 g/mol. The van der Waals surface area contributed by atoms with Crippen molar-refractivity contribution in [1.29, 1.82) is 0 Å². The Morgan fingerprint density at radius 1 is 1.31 bits per heavy atom. The topological polar surface area (TPSA) is 26.0 Å². The molecule has 0 saturated heterocycles. The second-order valence-corrected chi connectivity index (χ2v) is 3.14. The highest BCUT2D eigenvalue weighted by molar-refractivity contribution is 9.10. The van der Waals surface area contributed by atoms with Gasteiger partial charge in [-0.05, 0) is 12.1 Å². The quantitative estimate of drug-likeness (QED) is 0.767. The number of hydrogen-bond donors (Lipinski definition) is 0. The van der Waals surface area contributed by atoms with Crippen molar-refractivity contribution in [2.75, 3.05) is 0 Å². The van der Waals surface area contributed by atoms with Crippen LogP contribution in [0.25, 0.3) is 11.3 Å². The van der Waals surface area contributed by atoms with Gasteiger partial charge in [0, 0.05) is 15.9 Å². The van der Waals surface area contributed by atoms with Crippen molar-refractivity contribution >= 4 is 15.9 Å². The number of oxazole rings is 1. The van der Waals surface area contributed by atoms with Crippen molar-refractivity contribution in [3.8, 4) is 11.3 Å². The molecule has 0 atom stereocenters. The lowest BCUT2D eigenvalue weighted by Crippen LogP contribution is -1.79. The van der Waals surface area contributed by atoms with Crippen LogP contribution in [-0.2, 0) is 0 Å². The Balaban J connectivity index is 2.52. The SMILES string of the molecule is Fc1ccccc1-c1cnc(Br)o1. The summed E-state index contributed by atoms with van der Waals surface area (Å²) >= 11 is 3.05. The van der Waals surface area contributed by atoms with Crippen LogP contribution in [0.1, 0.15) is 0 Å². The summed E-state index contributed by atoms with van der Waals surface area (Å²) in [4.78, 5) is 4.17. The fourth-order valence-corrected chi connectivity index (χ4v) is 1.32. The minimum Gasteiger partial charge on any atom is -0.431 e. The maximum absolute atomic E-state index is 13.2. The van der Waals surface area contributed by atoms with Crippen molar-refractivity contribution in [1.82, 2.24) is 4.98 Å². The highest BCUT2D eigenvalue weighted by Crippen LogP contribution is 2.24. The van der Waals surface area contributed by atoms with E-state index in [2.05, 4.69) is 20.9 Å². The van der Waals surface area contributed by atoms with E-state index >= 15 is 0 Å². The molecule has 2 aromatic rings. The van der Waals surface area contributed by atoms with Gasteiger partial charge in [0.05, 0.1) is 11.8 Å². The number of benzene rings is 1. The van der Waals surface area contributed by atoms with Crippen LogP contribution in [0.2, 0.25) is 0 Å². The Kier molecular flexibility index (Phi) is 2.14. The highest BCUT2D eigenvalue weighted by atomic mass is 79.9. The molecule has 0 N–H and O–H groups in total. The summed E-state index contributed by atoms with van der Waals surface area (Å²) in [5.41, 5.74) is 0.417. The lowest BCUT2D eigenvalue weighted by atomic mass is 10.2. The number of hydrogen-bond acceptors (Lipinski definition) is 2. The molecule has 0 amide bonds. The van der Waals surface area contributed by atoms with E-state index in [-0.39, 0.29) is 5.82 Å². The van der Waals surface area contributed by atoms with Crippen LogP contribution in [-0.4, -0.2) is 4.98 Å². The Morgan fingerprint density at radius 2 is 2.08 bits per heavy atom. The minimum absolute atomic E-state index is 0.314. The smallest absolute Gasteiger partial charge is 0.264 e. The van der Waals surface area contributed by atoms with E-state index in [1.807, 2.05) is 0 Å². The normalized spacial score (nSPS) is 10.3. The van der Waals surface area contributed by atoms with Gasteiger partial charge >= 0.3 is 0 Å². The molecule has 13 heavy (non-hydrogen) atoms. The van der Waals surface area contributed by atoms with Gasteiger partial charge < -0.3 is 4.42 Å². The summed E-state index contributed by atoms with van der Waals surface area (Å²) in [6, 6.07) is 6.40. The van der Waals surface area contributed by atoms with Gasteiger partial charge in [0.2, 0.25) is 0 Å². The van der Waals surface area contributed by atoms with Gasteiger partial charge in [0.15, 0.2) is 5.76 Å². The third kappa shape index (κ3) is 1.62. The lowest BCUT2D eigenvalue weighted by molar-refractivity contribution is 0.535. The van der Waals surface area contributed by atoms with E-state index in [1.54, 1.807) is 18.2 Å². The van der Waals surface area contributed by atoms with Gasteiger partial charge in [-0.25, -0.2) is 9.37 Å². The molecule has 0 aliphatic rings. The minimum atomic E-state index is -0.314. The van der Waals surface area contributed by atoms with Crippen LogP contribution in [0.4, 0.5) is 4.39 Å². The summed E-state index contributed by atoms with van der Waals surface area (Å²) in [5.74, 6) is 0.108. The average molecular weight is 242 g/mol. The predicted molar refractivity (Wildman–Crippen MR) is 49.6 cm³/mol. The van der Waals surface area contributed by atoms with Gasteiger partial charge in [0.1, 0.15) is 5.82 Å². The maximum Gasteiger partial charge on any atom is 0.264 e. The average Bonchev–Trinajstić information content (AvgIpc) is 2.53. The van der Waals surface area contributed by atoms with Crippen molar-refractivity contribution in [2.45, 2.75) is 0 Å². The standard InChI is InChI=1S/C9H5BrFNO/c10-9-12-5-8(13-9)6-3-1-2-4-7(6)11/h1-5H. The van der Waals surface area contributed by atoms with E-state index in [1.165, 1.54) is 12.3 Å². The Labute approximate surface area is 82.5 Å². The zero-order valence-electron chi connectivity index (χ0n) is 6.50. The van der Waals surface area contributed by atoms with Crippen LogP contribution in [0.15, 0.2) is 39.7 Å².